The van der Waals surface area contributed by atoms with Gasteiger partial charge in [-0.2, -0.15) is 5.26 Å². The maximum Gasteiger partial charge on any atom is 0.268 e. The van der Waals surface area contributed by atoms with Crippen LogP contribution in [-0.4, -0.2) is 28.1 Å². The van der Waals surface area contributed by atoms with E-state index in [4.69, 9.17) is 5.26 Å². The fraction of sp³-hybridized carbons (Fsp3) is 0.500. The number of nitrogens with one attached hydrogen (secondary N) is 1. The largest absolute Gasteiger partial charge is 0.494 e. The molecule has 1 aliphatic rings. The molecular formula is C12H15N3O2. The molecule has 0 spiro atoms. The second kappa shape index (κ2) is 4.60. The van der Waals surface area contributed by atoms with E-state index >= 15 is 0 Å². The lowest BCUT2D eigenvalue weighted by atomic mass is 10.1. The van der Waals surface area contributed by atoms with Crippen molar-refractivity contribution in [3.05, 3.63) is 27.0 Å². The highest BCUT2D eigenvalue weighted by Crippen LogP contribution is 2.22. The summed E-state index contributed by atoms with van der Waals surface area (Å²) < 4.78 is 0. The predicted molar refractivity (Wildman–Crippen MR) is 62.7 cm³/mol. The molecule has 0 aliphatic carbocycles. The van der Waals surface area contributed by atoms with Crippen molar-refractivity contribution in [2.24, 2.45) is 0 Å². The van der Waals surface area contributed by atoms with Gasteiger partial charge < -0.3 is 5.11 Å². The fourth-order valence-electron chi connectivity index (χ4n) is 2.24. The summed E-state index contributed by atoms with van der Waals surface area (Å²) in [6.07, 6.45) is 2.32. The lowest BCUT2D eigenvalue weighted by Gasteiger charge is -2.17. The first-order valence-corrected chi connectivity index (χ1v) is 5.70. The van der Waals surface area contributed by atoms with Crippen molar-refractivity contribution >= 4 is 0 Å². The zero-order chi connectivity index (χ0) is 12.4. The molecule has 0 aromatic carbocycles. The van der Waals surface area contributed by atoms with Gasteiger partial charge in [-0.25, -0.2) is 0 Å². The Hall–Kier alpha value is -1.80. The van der Waals surface area contributed by atoms with Crippen LogP contribution in [0.15, 0.2) is 4.79 Å². The average molecular weight is 233 g/mol. The first kappa shape index (κ1) is 11.7. The lowest BCUT2D eigenvalue weighted by molar-refractivity contribution is 0.320. The van der Waals surface area contributed by atoms with E-state index in [1.165, 1.54) is 0 Å². The minimum atomic E-state index is -0.521. The molecule has 2 heterocycles. The number of nitriles is 1. The maximum atomic E-state index is 11.4. The Labute approximate surface area is 99.3 Å². The van der Waals surface area contributed by atoms with Crippen LogP contribution < -0.4 is 5.56 Å². The molecule has 17 heavy (non-hydrogen) atoms. The quantitative estimate of drug-likeness (QED) is 0.793. The molecular weight excluding hydrogens is 218 g/mol. The van der Waals surface area contributed by atoms with Gasteiger partial charge in [-0.05, 0) is 38.4 Å². The molecule has 1 aromatic rings. The number of aromatic hydroxyl groups is 1. The van der Waals surface area contributed by atoms with Gasteiger partial charge in [-0.3, -0.25) is 14.7 Å². The van der Waals surface area contributed by atoms with Gasteiger partial charge in [0.15, 0.2) is 5.88 Å². The highest BCUT2D eigenvalue weighted by molar-refractivity contribution is 5.44. The van der Waals surface area contributed by atoms with Crippen molar-refractivity contribution in [2.45, 2.75) is 26.3 Å². The fourth-order valence-corrected chi connectivity index (χ4v) is 2.24. The molecule has 0 bridgehead atoms. The lowest BCUT2D eigenvalue weighted by Crippen LogP contribution is -2.22. The minimum absolute atomic E-state index is 0.0944. The molecule has 2 N–H and O–H groups in total. The van der Waals surface area contributed by atoms with Gasteiger partial charge >= 0.3 is 0 Å². The zero-order valence-electron chi connectivity index (χ0n) is 9.79. The van der Waals surface area contributed by atoms with Crippen LogP contribution >= 0.6 is 0 Å². The number of rotatable bonds is 2. The summed E-state index contributed by atoms with van der Waals surface area (Å²) in [5.41, 5.74) is 0.813. The molecule has 1 aromatic heterocycles. The third kappa shape index (κ3) is 2.17. The van der Waals surface area contributed by atoms with E-state index < -0.39 is 5.56 Å². The van der Waals surface area contributed by atoms with Crippen LogP contribution in [0.1, 0.15) is 29.5 Å². The highest BCUT2D eigenvalue weighted by atomic mass is 16.3. The maximum absolute atomic E-state index is 11.4. The summed E-state index contributed by atoms with van der Waals surface area (Å²) in [7, 11) is 0. The van der Waals surface area contributed by atoms with Crippen molar-refractivity contribution in [2.75, 3.05) is 13.1 Å². The van der Waals surface area contributed by atoms with Gasteiger partial charge in [0, 0.05) is 12.1 Å². The zero-order valence-corrected chi connectivity index (χ0v) is 9.79. The van der Waals surface area contributed by atoms with Crippen LogP contribution in [0, 0.1) is 18.3 Å². The highest BCUT2D eigenvalue weighted by Gasteiger charge is 2.18. The van der Waals surface area contributed by atoms with Gasteiger partial charge in [-0.15, -0.1) is 0 Å². The molecule has 1 fully saturated rings. The summed E-state index contributed by atoms with van der Waals surface area (Å²) in [5.74, 6) is -0.113. The van der Waals surface area contributed by atoms with Gasteiger partial charge in [0.1, 0.15) is 11.6 Å². The van der Waals surface area contributed by atoms with Crippen LogP contribution in [0.25, 0.3) is 0 Å². The average Bonchev–Trinajstić information content (AvgIpc) is 2.77. The van der Waals surface area contributed by atoms with Crippen LogP contribution in [-0.2, 0) is 6.54 Å². The van der Waals surface area contributed by atoms with Crippen molar-refractivity contribution in [1.29, 1.82) is 5.26 Å². The van der Waals surface area contributed by atoms with Gasteiger partial charge in [0.05, 0.1) is 0 Å². The Morgan fingerprint density at radius 1 is 1.47 bits per heavy atom. The van der Waals surface area contributed by atoms with E-state index in [1.807, 2.05) is 6.07 Å². The molecule has 1 saturated heterocycles. The predicted octanol–water partition coefficient (Wildman–Crippen LogP) is 0.856. The Kier molecular flexibility index (Phi) is 3.16. The van der Waals surface area contributed by atoms with E-state index in [-0.39, 0.29) is 11.4 Å². The Balaban J connectivity index is 2.39. The smallest absolute Gasteiger partial charge is 0.268 e. The van der Waals surface area contributed by atoms with E-state index in [1.54, 1.807) is 6.92 Å². The number of hydrogen-bond donors (Lipinski definition) is 2. The van der Waals surface area contributed by atoms with E-state index in [2.05, 4.69) is 9.88 Å². The van der Waals surface area contributed by atoms with Gasteiger partial charge in [-0.1, -0.05) is 0 Å². The second-order valence-electron chi connectivity index (χ2n) is 4.38. The topological polar surface area (TPSA) is 80.1 Å². The van der Waals surface area contributed by atoms with Crippen LogP contribution in [0.3, 0.4) is 0 Å². The monoisotopic (exact) mass is 233 g/mol. The standard InChI is InChI=1S/C12H15N3O2/c1-8-9(6-13)11(16)14-12(17)10(8)7-15-4-2-3-5-15/h2-5,7H2,1H3,(H2,14,16,17). The molecule has 1 aliphatic heterocycles. The number of aromatic nitrogens is 1. The number of likely N-dealkylation sites (tertiary alicyclic amines) is 1. The molecule has 0 unspecified atom stereocenters. The van der Waals surface area contributed by atoms with Crippen LogP contribution in [0.2, 0.25) is 0 Å². The van der Waals surface area contributed by atoms with E-state index in [0.29, 0.717) is 17.7 Å². The van der Waals surface area contributed by atoms with Gasteiger partial charge in [0.2, 0.25) is 0 Å². The third-order valence-corrected chi connectivity index (χ3v) is 3.26. The first-order chi connectivity index (χ1) is 8.13. The first-order valence-electron chi connectivity index (χ1n) is 5.70. The summed E-state index contributed by atoms with van der Waals surface area (Å²) >= 11 is 0. The van der Waals surface area contributed by atoms with Crippen molar-refractivity contribution < 1.29 is 5.11 Å². The van der Waals surface area contributed by atoms with Crippen molar-refractivity contribution in [3.63, 3.8) is 0 Å². The summed E-state index contributed by atoms with van der Waals surface area (Å²) in [5, 5.41) is 18.7. The number of nitrogens with zero attached hydrogens (tertiary/aromatic N) is 2. The minimum Gasteiger partial charge on any atom is -0.494 e. The van der Waals surface area contributed by atoms with Crippen LogP contribution in [0.4, 0.5) is 0 Å². The summed E-state index contributed by atoms with van der Waals surface area (Å²) in [6.45, 7) is 4.29. The molecule has 0 saturated carbocycles. The molecule has 5 nitrogen and oxygen atoms in total. The Bertz CT molecular complexity index is 522. The molecule has 5 heteroatoms. The number of pyridine rings is 1. The number of hydrogen-bond acceptors (Lipinski definition) is 4. The molecule has 0 radical (unpaired) electrons. The molecule has 0 amide bonds. The van der Waals surface area contributed by atoms with E-state index in [9.17, 15) is 9.90 Å². The number of aromatic amines is 1. The summed E-state index contributed by atoms with van der Waals surface area (Å²) in [4.78, 5) is 16.0. The molecule has 90 valence electrons. The van der Waals surface area contributed by atoms with Crippen molar-refractivity contribution in [3.8, 4) is 11.9 Å². The Morgan fingerprint density at radius 2 is 2.12 bits per heavy atom. The van der Waals surface area contributed by atoms with Crippen LogP contribution in [0.5, 0.6) is 5.88 Å². The second-order valence-corrected chi connectivity index (χ2v) is 4.38. The number of H-pyrrole nitrogens is 1. The summed E-state index contributed by atoms with van der Waals surface area (Å²) in [6, 6.07) is 1.88. The Morgan fingerprint density at radius 3 is 2.71 bits per heavy atom. The normalized spacial score (nSPS) is 16.0. The van der Waals surface area contributed by atoms with E-state index in [0.717, 1.165) is 25.9 Å². The molecule has 0 atom stereocenters. The van der Waals surface area contributed by atoms with Crippen molar-refractivity contribution in [1.82, 2.24) is 9.88 Å². The molecule has 2 rings (SSSR count). The SMILES string of the molecule is Cc1c(CN2CCCC2)c(O)[nH]c(=O)c1C#N. The van der Waals surface area contributed by atoms with Gasteiger partial charge in [0.25, 0.3) is 5.56 Å². The third-order valence-electron chi connectivity index (χ3n) is 3.26.